The molecule has 0 N–H and O–H groups in total. The topological polar surface area (TPSA) is 9.23 Å². The van der Waals surface area contributed by atoms with E-state index in [1.165, 1.54) is 37.2 Å². The first-order valence-electron chi connectivity index (χ1n) is 7.93. The van der Waals surface area contributed by atoms with Crippen molar-refractivity contribution in [2.75, 3.05) is 0 Å². The molecule has 0 atom stereocenters. The SMILES string of the molecule is Cc1cccc(C)c1[O][Ti+2][c]1cccc2c1Cc1ccccc1-2.[Cl-].[Cl-]. The third-order valence-electron chi connectivity index (χ3n) is 4.52. The summed E-state index contributed by atoms with van der Waals surface area (Å²) in [4.78, 5) is 0. The monoisotopic (exact) mass is 404 g/mol. The Kier molecular flexibility index (Phi) is 6.76. The predicted molar refractivity (Wildman–Crippen MR) is 90.9 cm³/mol. The largest absolute Gasteiger partial charge is 1.00 e. The molecule has 25 heavy (non-hydrogen) atoms. The zero-order valence-corrected chi connectivity index (χ0v) is 17.2. The first-order chi connectivity index (χ1) is 11.2. The first kappa shape index (κ1) is 20.1. The van der Waals surface area contributed by atoms with Gasteiger partial charge in [-0.3, -0.25) is 0 Å². The van der Waals surface area contributed by atoms with Gasteiger partial charge >= 0.3 is 147 Å². The molecule has 1 aliphatic rings. The molecular formula is C21H18Cl2OTi. The molecular weight excluding hydrogens is 387 g/mol. The maximum Gasteiger partial charge on any atom is -1.00 e. The van der Waals surface area contributed by atoms with E-state index in [1.807, 2.05) is 0 Å². The van der Waals surface area contributed by atoms with Crippen molar-refractivity contribution in [3.05, 3.63) is 82.9 Å². The molecule has 0 unspecified atom stereocenters. The van der Waals surface area contributed by atoms with E-state index in [4.69, 9.17) is 3.32 Å². The Morgan fingerprint density at radius 2 is 1.40 bits per heavy atom. The Morgan fingerprint density at radius 1 is 0.760 bits per heavy atom. The molecule has 0 fully saturated rings. The van der Waals surface area contributed by atoms with Gasteiger partial charge in [0.25, 0.3) is 0 Å². The van der Waals surface area contributed by atoms with E-state index in [0.717, 1.165) is 12.2 Å². The van der Waals surface area contributed by atoms with Crippen LogP contribution in [0, 0.1) is 13.8 Å². The minimum atomic E-state index is -0.647. The third kappa shape index (κ3) is 3.80. The van der Waals surface area contributed by atoms with Crippen molar-refractivity contribution in [1.29, 1.82) is 0 Å². The van der Waals surface area contributed by atoms with Gasteiger partial charge in [0.2, 0.25) is 0 Å². The number of benzene rings is 3. The zero-order valence-electron chi connectivity index (χ0n) is 14.1. The van der Waals surface area contributed by atoms with Crippen LogP contribution < -0.4 is 32.0 Å². The summed E-state index contributed by atoms with van der Waals surface area (Å²) in [5.74, 6) is 1.07. The van der Waals surface area contributed by atoms with Crippen LogP contribution in [0.3, 0.4) is 0 Å². The summed E-state index contributed by atoms with van der Waals surface area (Å²) in [5, 5.41) is 0. The van der Waals surface area contributed by atoms with Crippen LogP contribution in [-0.2, 0) is 26.0 Å². The van der Waals surface area contributed by atoms with Crippen LogP contribution in [0.15, 0.2) is 60.7 Å². The number of halogens is 2. The van der Waals surface area contributed by atoms with Gasteiger partial charge < -0.3 is 24.8 Å². The second kappa shape index (κ2) is 8.42. The summed E-state index contributed by atoms with van der Waals surface area (Å²) < 4.78 is 7.72. The van der Waals surface area contributed by atoms with Gasteiger partial charge in [-0.15, -0.1) is 0 Å². The Morgan fingerprint density at radius 3 is 2.16 bits per heavy atom. The van der Waals surface area contributed by atoms with Gasteiger partial charge in [-0.05, 0) is 0 Å². The number of fused-ring (bicyclic) bond motifs is 3. The van der Waals surface area contributed by atoms with Crippen molar-refractivity contribution in [2.45, 2.75) is 20.3 Å². The maximum absolute atomic E-state index is 6.30. The molecule has 0 bridgehead atoms. The van der Waals surface area contributed by atoms with Crippen LogP contribution in [0.2, 0.25) is 0 Å². The van der Waals surface area contributed by atoms with Crippen molar-refractivity contribution in [2.24, 2.45) is 0 Å². The van der Waals surface area contributed by atoms with Crippen LogP contribution >= 0.6 is 0 Å². The minimum Gasteiger partial charge on any atom is -1.00 e. The molecule has 126 valence electrons. The molecule has 0 aliphatic heterocycles. The van der Waals surface area contributed by atoms with E-state index in [-0.39, 0.29) is 24.8 Å². The summed E-state index contributed by atoms with van der Waals surface area (Å²) >= 11 is -0.647. The van der Waals surface area contributed by atoms with Crippen LogP contribution in [0.1, 0.15) is 22.3 Å². The van der Waals surface area contributed by atoms with Crippen molar-refractivity contribution >= 4 is 3.87 Å². The van der Waals surface area contributed by atoms with E-state index in [9.17, 15) is 0 Å². The van der Waals surface area contributed by atoms with Crippen LogP contribution in [0.5, 0.6) is 5.75 Å². The molecule has 3 aromatic rings. The normalized spacial score (nSPS) is 10.6. The van der Waals surface area contributed by atoms with Crippen molar-refractivity contribution in [1.82, 2.24) is 0 Å². The molecule has 4 rings (SSSR count). The van der Waals surface area contributed by atoms with Gasteiger partial charge in [-0.25, -0.2) is 0 Å². The molecule has 3 aromatic carbocycles. The maximum atomic E-state index is 6.30. The van der Waals surface area contributed by atoms with Gasteiger partial charge in [0.1, 0.15) is 0 Å². The first-order valence-corrected chi connectivity index (χ1v) is 9.35. The summed E-state index contributed by atoms with van der Waals surface area (Å²) in [6.07, 6.45) is 1.04. The van der Waals surface area contributed by atoms with E-state index < -0.39 is 19.5 Å². The Bertz CT molecular complexity index is 873. The Labute approximate surface area is 171 Å². The van der Waals surface area contributed by atoms with Gasteiger partial charge in [0.15, 0.2) is 0 Å². The van der Waals surface area contributed by atoms with E-state index in [0.29, 0.717) is 0 Å². The molecule has 1 aliphatic carbocycles. The molecule has 0 heterocycles. The fraction of sp³-hybridized carbons (Fsp3) is 0.143. The number of hydrogen-bond donors (Lipinski definition) is 0. The molecule has 0 amide bonds. The minimum absolute atomic E-state index is 0. The van der Waals surface area contributed by atoms with Gasteiger partial charge in [0, 0.05) is 0 Å². The van der Waals surface area contributed by atoms with Crippen LogP contribution in [0.25, 0.3) is 11.1 Å². The molecule has 0 saturated heterocycles. The third-order valence-corrected chi connectivity index (χ3v) is 6.08. The van der Waals surface area contributed by atoms with Crippen molar-refractivity contribution in [3.8, 4) is 16.9 Å². The Hall–Kier alpha value is -1.25. The summed E-state index contributed by atoms with van der Waals surface area (Å²) in [7, 11) is 0. The molecule has 4 heteroatoms. The number of para-hydroxylation sites is 1. The molecule has 0 aromatic heterocycles. The van der Waals surface area contributed by atoms with Gasteiger partial charge in [0.05, 0.1) is 0 Å². The van der Waals surface area contributed by atoms with Crippen LogP contribution in [0.4, 0.5) is 0 Å². The van der Waals surface area contributed by atoms with E-state index in [1.54, 1.807) is 0 Å². The van der Waals surface area contributed by atoms with Crippen molar-refractivity contribution < 1.29 is 47.7 Å². The van der Waals surface area contributed by atoms with Gasteiger partial charge in [-0.1, -0.05) is 0 Å². The number of hydrogen-bond acceptors (Lipinski definition) is 1. The average molecular weight is 405 g/mol. The van der Waals surface area contributed by atoms with E-state index >= 15 is 0 Å². The smallest absolute Gasteiger partial charge is 1.00 e. The Balaban J connectivity index is 0.00000113. The summed E-state index contributed by atoms with van der Waals surface area (Å²) in [6.45, 7) is 4.25. The second-order valence-corrected chi connectivity index (χ2v) is 7.57. The predicted octanol–water partition coefficient (Wildman–Crippen LogP) is -1.42. The molecule has 1 nitrogen and oxygen atoms in total. The molecule has 0 spiro atoms. The molecule has 0 radical (unpaired) electrons. The van der Waals surface area contributed by atoms with Crippen molar-refractivity contribution in [3.63, 3.8) is 0 Å². The summed E-state index contributed by atoms with van der Waals surface area (Å²) in [6, 6.07) is 21.7. The second-order valence-electron chi connectivity index (χ2n) is 6.09. The average Bonchev–Trinajstić information content (AvgIpc) is 2.94. The van der Waals surface area contributed by atoms with E-state index in [2.05, 4.69) is 74.5 Å². The quantitative estimate of drug-likeness (QED) is 0.381. The number of aryl methyl sites for hydroxylation is 2. The standard InChI is InChI=1S/C13H9.C8H10O.2ClH.Ti/c1-3-7-12-10(5-1)9-11-6-2-4-8-13(11)12;1-6-4-3-5-7(2)8(6)9;;;/h1-5,7-8H,9H2;3-5,9H,1-2H3;2*1H;/q;;;;+3/p-3. The fourth-order valence-corrected chi connectivity index (χ4v) is 4.95. The fourth-order valence-electron chi connectivity index (χ4n) is 3.32. The molecule has 0 saturated carbocycles. The zero-order chi connectivity index (χ0) is 15.8. The van der Waals surface area contributed by atoms with Crippen LogP contribution in [-0.4, -0.2) is 0 Å². The van der Waals surface area contributed by atoms with Gasteiger partial charge in [-0.2, -0.15) is 0 Å². The number of rotatable bonds is 3. The summed E-state index contributed by atoms with van der Waals surface area (Å²) in [5.41, 5.74) is 8.15.